The molecular weight excluding hydrogens is 324 g/mol. The third kappa shape index (κ3) is 3.40. The van der Waals surface area contributed by atoms with Crippen LogP contribution in [-0.2, 0) is 14.6 Å². The number of hydrogen-bond donors (Lipinski definition) is 0. The summed E-state index contributed by atoms with van der Waals surface area (Å²) in [6, 6.07) is 0.156. The first kappa shape index (κ1) is 17.9. The van der Waals surface area contributed by atoms with E-state index < -0.39 is 9.84 Å². The molecule has 3 aliphatic rings. The molecule has 0 N–H and O–H groups in total. The van der Waals surface area contributed by atoms with Crippen molar-refractivity contribution in [2.75, 3.05) is 37.7 Å². The summed E-state index contributed by atoms with van der Waals surface area (Å²) in [5, 5.41) is 0. The molecule has 3 atom stereocenters. The van der Waals surface area contributed by atoms with Gasteiger partial charge in [0.25, 0.3) is 0 Å². The second kappa shape index (κ2) is 6.13. The van der Waals surface area contributed by atoms with E-state index in [-0.39, 0.29) is 23.3 Å². The number of sulfone groups is 1. The van der Waals surface area contributed by atoms with Gasteiger partial charge in [-0.1, -0.05) is 25.5 Å². The van der Waals surface area contributed by atoms with Gasteiger partial charge in [-0.2, -0.15) is 0 Å². The van der Waals surface area contributed by atoms with Crippen LogP contribution in [-0.4, -0.2) is 67.9 Å². The van der Waals surface area contributed by atoms with Gasteiger partial charge in [0.05, 0.1) is 17.4 Å². The van der Waals surface area contributed by atoms with Gasteiger partial charge in [0.15, 0.2) is 9.84 Å². The molecule has 5 nitrogen and oxygen atoms in total. The van der Waals surface area contributed by atoms with Gasteiger partial charge in [-0.25, -0.2) is 8.42 Å². The van der Waals surface area contributed by atoms with Gasteiger partial charge in [0.2, 0.25) is 5.91 Å². The first-order valence-corrected chi connectivity index (χ1v) is 10.8. The second-order valence-electron chi connectivity index (χ2n) is 8.49. The SMILES string of the molecule is CC(C)=CC1C(C(=O)N2CCN(C3CCS(=O)(=O)C3)CC2)C1(C)C. The Hall–Kier alpha value is -0.880. The normalized spacial score (nSPS) is 34.8. The Morgan fingerprint density at radius 1 is 1.12 bits per heavy atom. The summed E-state index contributed by atoms with van der Waals surface area (Å²) >= 11 is 0. The first-order valence-electron chi connectivity index (χ1n) is 9.00. The Morgan fingerprint density at radius 3 is 2.25 bits per heavy atom. The maximum atomic E-state index is 12.9. The third-order valence-electron chi connectivity index (χ3n) is 6.04. The zero-order valence-electron chi connectivity index (χ0n) is 15.3. The van der Waals surface area contributed by atoms with Crippen LogP contribution in [0.25, 0.3) is 0 Å². The van der Waals surface area contributed by atoms with Gasteiger partial charge in [0.1, 0.15) is 0 Å². The van der Waals surface area contributed by atoms with Crippen molar-refractivity contribution in [3.05, 3.63) is 11.6 Å². The summed E-state index contributed by atoms with van der Waals surface area (Å²) in [4.78, 5) is 17.1. The Bertz CT molecular complexity index is 641. The summed E-state index contributed by atoms with van der Waals surface area (Å²) < 4.78 is 23.3. The Labute approximate surface area is 146 Å². The monoisotopic (exact) mass is 354 g/mol. The number of rotatable bonds is 3. The van der Waals surface area contributed by atoms with Crippen LogP contribution in [0.15, 0.2) is 11.6 Å². The van der Waals surface area contributed by atoms with Crippen molar-refractivity contribution in [2.45, 2.75) is 40.2 Å². The van der Waals surface area contributed by atoms with Crippen molar-refractivity contribution < 1.29 is 13.2 Å². The molecule has 0 radical (unpaired) electrons. The van der Waals surface area contributed by atoms with E-state index in [1.54, 1.807) is 0 Å². The molecule has 0 aromatic carbocycles. The average molecular weight is 355 g/mol. The topological polar surface area (TPSA) is 57.7 Å². The summed E-state index contributed by atoms with van der Waals surface area (Å²) in [5.41, 5.74) is 1.33. The molecule has 136 valence electrons. The highest BCUT2D eigenvalue weighted by atomic mass is 32.2. The fourth-order valence-corrected chi connectivity index (χ4v) is 6.15. The number of carbonyl (C=O) groups is 1. The highest BCUT2D eigenvalue weighted by Crippen LogP contribution is 2.60. The Morgan fingerprint density at radius 2 is 1.75 bits per heavy atom. The fraction of sp³-hybridized carbons (Fsp3) is 0.833. The average Bonchev–Trinajstić information content (AvgIpc) is 2.84. The molecule has 2 saturated heterocycles. The zero-order valence-corrected chi connectivity index (χ0v) is 16.1. The summed E-state index contributed by atoms with van der Waals surface area (Å²) in [6.07, 6.45) is 2.98. The van der Waals surface area contributed by atoms with E-state index in [1.165, 1.54) is 5.57 Å². The molecule has 0 bridgehead atoms. The third-order valence-corrected chi connectivity index (χ3v) is 7.79. The van der Waals surface area contributed by atoms with Gasteiger partial charge in [0, 0.05) is 32.2 Å². The van der Waals surface area contributed by atoms with E-state index in [2.05, 4.69) is 38.7 Å². The van der Waals surface area contributed by atoms with E-state index in [0.717, 1.165) is 32.6 Å². The van der Waals surface area contributed by atoms with Crippen molar-refractivity contribution in [3.63, 3.8) is 0 Å². The van der Waals surface area contributed by atoms with Crippen molar-refractivity contribution in [2.24, 2.45) is 17.3 Å². The number of allylic oxidation sites excluding steroid dienone is 2. The highest BCUT2D eigenvalue weighted by molar-refractivity contribution is 7.91. The van der Waals surface area contributed by atoms with Crippen molar-refractivity contribution in [1.29, 1.82) is 0 Å². The maximum Gasteiger partial charge on any atom is 0.226 e. The number of carbonyl (C=O) groups excluding carboxylic acids is 1. The Kier molecular flexibility index (Phi) is 4.58. The minimum atomic E-state index is -2.84. The molecule has 3 rings (SSSR count). The maximum absolute atomic E-state index is 12.9. The van der Waals surface area contributed by atoms with Crippen LogP contribution in [0.2, 0.25) is 0 Å². The standard InChI is InChI=1S/C18H30N2O3S/c1-13(2)11-15-16(18(15,3)4)17(21)20-8-6-19(7-9-20)14-5-10-24(22,23)12-14/h11,14-16H,5-10,12H2,1-4H3. The van der Waals surface area contributed by atoms with Crippen LogP contribution in [0.3, 0.4) is 0 Å². The molecule has 3 fully saturated rings. The lowest BCUT2D eigenvalue weighted by molar-refractivity contribution is -0.135. The molecule has 2 heterocycles. The Balaban J connectivity index is 1.56. The van der Waals surface area contributed by atoms with E-state index in [0.29, 0.717) is 17.4 Å². The molecule has 1 aliphatic carbocycles. The summed E-state index contributed by atoms with van der Waals surface area (Å²) in [5.74, 6) is 1.34. The lowest BCUT2D eigenvalue weighted by atomic mass is 10.1. The van der Waals surface area contributed by atoms with Gasteiger partial charge in [-0.3, -0.25) is 9.69 Å². The van der Waals surface area contributed by atoms with E-state index >= 15 is 0 Å². The van der Waals surface area contributed by atoms with Crippen molar-refractivity contribution in [3.8, 4) is 0 Å². The van der Waals surface area contributed by atoms with Crippen molar-refractivity contribution in [1.82, 2.24) is 9.80 Å². The minimum absolute atomic E-state index is 0.0605. The largest absolute Gasteiger partial charge is 0.340 e. The zero-order chi connectivity index (χ0) is 17.7. The van der Waals surface area contributed by atoms with Gasteiger partial charge in [-0.05, 0) is 31.6 Å². The van der Waals surface area contributed by atoms with Crippen LogP contribution in [0, 0.1) is 17.3 Å². The van der Waals surface area contributed by atoms with Crippen LogP contribution in [0.1, 0.15) is 34.1 Å². The minimum Gasteiger partial charge on any atom is -0.340 e. The molecule has 6 heteroatoms. The van der Waals surface area contributed by atoms with Gasteiger partial charge < -0.3 is 4.90 Å². The number of hydrogen-bond acceptors (Lipinski definition) is 4. The summed E-state index contributed by atoms with van der Waals surface area (Å²) in [7, 11) is -2.84. The van der Waals surface area contributed by atoms with Crippen LogP contribution >= 0.6 is 0 Å². The highest BCUT2D eigenvalue weighted by Gasteiger charge is 2.61. The van der Waals surface area contributed by atoms with Crippen LogP contribution in [0.5, 0.6) is 0 Å². The smallest absolute Gasteiger partial charge is 0.226 e. The molecule has 2 aliphatic heterocycles. The predicted molar refractivity (Wildman–Crippen MR) is 95.4 cm³/mol. The van der Waals surface area contributed by atoms with E-state index in [4.69, 9.17) is 0 Å². The van der Waals surface area contributed by atoms with Gasteiger partial charge >= 0.3 is 0 Å². The molecule has 1 amide bonds. The number of piperazine rings is 1. The number of amides is 1. The lowest BCUT2D eigenvalue weighted by Crippen LogP contribution is -2.52. The van der Waals surface area contributed by atoms with Crippen molar-refractivity contribution >= 4 is 15.7 Å². The molecule has 3 unspecified atom stereocenters. The molecule has 24 heavy (non-hydrogen) atoms. The molecule has 1 saturated carbocycles. The molecular formula is C18H30N2O3S. The van der Waals surface area contributed by atoms with Crippen LogP contribution in [0.4, 0.5) is 0 Å². The molecule has 0 aromatic heterocycles. The summed E-state index contributed by atoms with van der Waals surface area (Å²) in [6.45, 7) is 11.6. The van der Waals surface area contributed by atoms with E-state index in [9.17, 15) is 13.2 Å². The lowest BCUT2D eigenvalue weighted by Gasteiger charge is -2.38. The van der Waals surface area contributed by atoms with E-state index in [1.807, 2.05) is 4.90 Å². The van der Waals surface area contributed by atoms with Crippen LogP contribution < -0.4 is 0 Å². The predicted octanol–water partition coefficient (Wildman–Crippen LogP) is 1.56. The quantitative estimate of drug-likeness (QED) is 0.722. The first-order chi connectivity index (χ1) is 11.1. The van der Waals surface area contributed by atoms with Gasteiger partial charge in [-0.15, -0.1) is 0 Å². The molecule has 0 spiro atoms. The molecule has 0 aromatic rings. The fourth-order valence-electron chi connectivity index (χ4n) is 4.39. The second-order valence-corrected chi connectivity index (χ2v) is 10.7. The number of nitrogens with zero attached hydrogens (tertiary/aromatic N) is 2.